The summed E-state index contributed by atoms with van der Waals surface area (Å²) in [5.74, 6) is 1.69. The van der Waals surface area contributed by atoms with Crippen molar-refractivity contribution in [1.82, 2.24) is 30.4 Å². The number of nitrogens with zero attached hydrogens (tertiary/aromatic N) is 5. The zero-order chi connectivity index (χ0) is 14.5. The summed E-state index contributed by atoms with van der Waals surface area (Å²) in [6, 6.07) is 0. The molecule has 0 aromatic carbocycles. The highest BCUT2D eigenvalue weighted by atomic mass is 15.6. The number of hydrogen-bond acceptors (Lipinski definition) is 5. The van der Waals surface area contributed by atoms with Gasteiger partial charge in [-0.3, -0.25) is 4.90 Å². The van der Waals surface area contributed by atoms with Crippen LogP contribution < -0.4 is 5.32 Å². The Morgan fingerprint density at radius 1 is 1.29 bits per heavy atom. The van der Waals surface area contributed by atoms with E-state index >= 15 is 0 Å². The molecule has 1 N–H and O–H groups in total. The fourth-order valence-corrected chi connectivity index (χ4v) is 4.37. The Balaban J connectivity index is 1.57. The van der Waals surface area contributed by atoms with E-state index < -0.39 is 0 Å². The summed E-state index contributed by atoms with van der Waals surface area (Å²) < 4.78 is 0. The minimum absolute atomic E-state index is 0.257. The molecule has 21 heavy (non-hydrogen) atoms. The van der Waals surface area contributed by atoms with Crippen LogP contribution in [0.4, 0.5) is 0 Å². The SMILES string of the molecule is Cn1nnc(CN2CC3(CCCC3)NCC2(C)C2CC2)n1. The molecule has 4 rings (SSSR count). The van der Waals surface area contributed by atoms with Gasteiger partial charge in [0.05, 0.1) is 13.6 Å². The van der Waals surface area contributed by atoms with Crippen LogP contribution in [0.15, 0.2) is 0 Å². The highest BCUT2D eigenvalue weighted by Crippen LogP contribution is 2.47. The molecule has 3 fully saturated rings. The molecule has 1 unspecified atom stereocenters. The van der Waals surface area contributed by atoms with Crippen LogP contribution >= 0.6 is 0 Å². The number of piperazine rings is 1. The zero-order valence-corrected chi connectivity index (χ0v) is 13.2. The molecule has 1 spiro atoms. The maximum absolute atomic E-state index is 4.40. The second kappa shape index (κ2) is 4.74. The molecule has 2 heterocycles. The van der Waals surface area contributed by atoms with Crippen LogP contribution in [0.2, 0.25) is 0 Å². The number of tetrazole rings is 1. The summed E-state index contributed by atoms with van der Waals surface area (Å²) in [6.07, 6.45) is 8.11. The summed E-state index contributed by atoms with van der Waals surface area (Å²) in [5.41, 5.74) is 0.601. The fraction of sp³-hybridized carbons (Fsp3) is 0.933. The maximum atomic E-state index is 4.40. The van der Waals surface area contributed by atoms with E-state index in [1.54, 1.807) is 4.80 Å². The molecular formula is C15H26N6. The van der Waals surface area contributed by atoms with Gasteiger partial charge in [0.2, 0.25) is 0 Å². The smallest absolute Gasteiger partial charge is 0.188 e. The lowest BCUT2D eigenvalue weighted by Crippen LogP contribution is -2.68. The molecule has 0 bridgehead atoms. The van der Waals surface area contributed by atoms with Crippen molar-refractivity contribution in [3.8, 4) is 0 Å². The van der Waals surface area contributed by atoms with Gasteiger partial charge in [-0.2, -0.15) is 4.80 Å². The van der Waals surface area contributed by atoms with Crippen LogP contribution in [0.3, 0.4) is 0 Å². The minimum atomic E-state index is 0.257. The highest BCUT2D eigenvalue weighted by molar-refractivity contribution is 5.10. The summed E-state index contributed by atoms with van der Waals surface area (Å²) in [7, 11) is 1.84. The van der Waals surface area contributed by atoms with Crippen LogP contribution in [0, 0.1) is 5.92 Å². The third kappa shape index (κ3) is 2.38. The summed E-state index contributed by atoms with van der Waals surface area (Å²) in [6.45, 7) is 5.51. The first kappa shape index (κ1) is 13.6. The normalized spacial score (nSPS) is 32.9. The molecule has 6 nitrogen and oxygen atoms in total. The van der Waals surface area contributed by atoms with Gasteiger partial charge in [-0.15, -0.1) is 10.2 Å². The van der Waals surface area contributed by atoms with E-state index in [2.05, 4.69) is 32.6 Å². The first-order valence-corrected chi connectivity index (χ1v) is 8.33. The molecule has 6 heteroatoms. The fourth-order valence-electron chi connectivity index (χ4n) is 4.37. The Bertz CT molecular complexity index is 516. The Morgan fingerprint density at radius 3 is 2.67 bits per heavy atom. The topological polar surface area (TPSA) is 58.9 Å². The van der Waals surface area contributed by atoms with E-state index in [4.69, 9.17) is 0 Å². The third-order valence-electron chi connectivity index (χ3n) is 5.94. The molecule has 1 aromatic heterocycles. The number of aromatic nitrogens is 4. The predicted molar refractivity (Wildman–Crippen MR) is 79.5 cm³/mol. The quantitative estimate of drug-likeness (QED) is 0.903. The largest absolute Gasteiger partial charge is 0.308 e. The molecule has 2 aliphatic carbocycles. The van der Waals surface area contributed by atoms with E-state index in [1.807, 2.05) is 7.05 Å². The van der Waals surface area contributed by atoms with Gasteiger partial charge in [-0.25, -0.2) is 0 Å². The molecule has 1 atom stereocenters. The van der Waals surface area contributed by atoms with Crippen LogP contribution in [-0.2, 0) is 13.6 Å². The van der Waals surface area contributed by atoms with Crippen molar-refractivity contribution in [1.29, 1.82) is 0 Å². The lowest BCUT2D eigenvalue weighted by atomic mass is 9.83. The molecule has 3 aliphatic rings. The molecule has 1 aliphatic heterocycles. The van der Waals surface area contributed by atoms with E-state index in [1.165, 1.54) is 38.5 Å². The summed E-state index contributed by atoms with van der Waals surface area (Å²) in [4.78, 5) is 4.22. The van der Waals surface area contributed by atoms with Gasteiger partial charge in [0, 0.05) is 24.2 Å². The zero-order valence-electron chi connectivity index (χ0n) is 13.2. The van der Waals surface area contributed by atoms with Gasteiger partial charge in [0.15, 0.2) is 5.82 Å². The van der Waals surface area contributed by atoms with Crippen molar-refractivity contribution in [3.63, 3.8) is 0 Å². The molecule has 1 aromatic rings. The van der Waals surface area contributed by atoms with Gasteiger partial charge >= 0.3 is 0 Å². The van der Waals surface area contributed by atoms with Crippen LogP contribution in [0.5, 0.6) is 0 Å². The van der Waals surface area contributed by atoms with Crippen LogP contribution in [-0.4, -0.2) is 49.3 Å². The van der Waals surface area contributed by atoms with Gasteiger partial charge in [0.25, 0.3) is 0 Å². The van der Waals surface area contributed by atoms with Crippen molar-refractivity contribution in [2.75, 3.05) is 13.1 Å². The van der Waals surface area contributed by atoms with Crippen molar-refractivity contribution in [3.05, 3.63) is 5.82 Å². The first-order chi connectivity index (χ1) is 10.1. The van der Waals surface area contributed by atoms with E-state index in [9.17, 15) is 0 Å². The lowest BCUT2D eigenvalue weighted by molar-refractivity contribution is -0.00559. The van der Waals surface area contributed by atoms with Crippen LogP contribution in [0.1, 0.15) is 51.3 Å². The Morgan fingerprint density at radius 2 is 2.05 bits per heavy atom. The molecule has 0 radical (unpaired) electrons. The Kier molecular flexibility index (Phi) is 3.08. The van der Waals surface area contributed by atoms with Crippen molar-refractivity contribution in [2.45, 2.75) is 63.1 Å². The summed E-state index contributed by atoms with van der Waals surface area (Å²) >= 11 is 0. The number of hydrogen-bond donors (Lipinski definition) is 1. The van der Waals surface area contributed by atoms with Gasteiger partial charge in [-0.1, -0.05) is 12.8 Å². The number of aryl methyl sites for hydroxylation is 1. The maximum Gasteiger partial charge on any atom is 0.188 e. The molecule has 0 amide bonds. The van der Waals surface area contributed by atoms with E-state index in [-0.39, 0.29) is 5.54 Å². The Labute approximate surface area is 126 Å². The van der Waals surface area contributed by atoms with Gasteiger partial charge in [-0.05, 0) is 43.7 Å². The van der Waals surface area contributed by atoms with Gasteiger partial charge < -0.3 is 5.32 Å². The molecule has 116 valence electrons. The van der Waals surface area contributed by atoms with E-state index in [0.29, 0.717) is 5.54 Å². The van der Waals surface area contributed by atoms with Gasteiger partial charge in [0.1, 0.15) is 0 Å². The number of nitrogens with one attached hydrogen (secondary N) is 1. The molecule has 1 saturated heterocycles. The molecular weight excluding hydrogens is 264 g/mol. The first-order valence-electron chi connectivity index (χ1n) is 8.33. The van der Waals surface area contributed by atoms with Crippen molar-refractivity contribution < 1.29 is 0 Å². The van der Waals surface area contributed by atoms with Crippen molar-refractivity contribution >= 4 is 0 Å². The highest BCUT2D eigenvalue weighted by Gasteiger charge is 2.52. The molecule has 2 saturated carbocycles. The average molecular weight is 290 g/mol. The van der Waals surface area contributed by atoms with E-state index in [0.717, 1.165) is 31.4 Å². The third-order valence-corrected chi connectivity index (χ3v) is 5.94. The monoisotopic (exact) mass is 290 g/mol. The number of rotatable bonds is 3. The van der Waals surface area contributed by atoms with Crippen molar-refractivity contribution in [2.24, 2.45) is 13.0 Å². The second-order valence-corrected chi connectivity index (χ2v) is 7.52. The second-order valence-electron chi connectivity index (χ2n) is 7.52. The average Bonchev–Trinajstić information content (AvgIpc) is 3.11. The summed E-state index contributed by atoms with van der Waals surface area (Å²) in [5, 5.41) is 16.5. The Hall–Kier alpha value is -1.01. The van der Waals surface area contributed by atoms with Crippen LogP contribution in [0.25, 0.3) is 0 Å². The lowest BCUT2D eigenvalue weighted by Gasteiger charge is -2.52. The predicted octanol–water partition coefficient (Wildman–Crippen LogP) is 1.10. The minimum Gasteiger partial charge on any atom is -0.308 e. The standard InChI is InChI=1S/C15H26N6/c1-14(12-5-6-12)10-16-15(7-3-4-8-15)11-21(14)9-13-17-19-20(2)18-13/h12,16H,3-11H2,1-2H3.